The molecule has 0 heterocycles. The fourth-order valence-electron chi connectivity index (χ4n) is 0.985. The summed E-state index contributed by atoms with van der Waals surface area (Å²) in [6, 6.07) is 5.31. The van der Waals surface area contributed by atoms with Gasteiger partial charge in [0.2, 0.25) is 0 Å². The third-order valence-electron chi connectivity index (χ3n) is 1.76. The molecule has 6 heteroatoms. The lowest BCUT2D eigenvalue weighted by atomic mass is 10.2. The highest BCUT2D eigenvalue weighted by Gasteiger charge is 2.01. The van der Waals surface area contributed by atoms with Crippen LogP contribution >= 0.6 is 35.4 Å². The summed E-state index contributed by atoms with van der Waals surface area (Å²) in [7, 11) is 0. The van der Waals surface area contributed by atoms with E-state index >= 15 is 0 Å². The van der Waals surface area contributed by atoms with E-state index in [1.54, 1.807) is 30.5 Å². The second-order valence-corrected chi connectivity index (χ2v) is 4.21. The minimum absolute atomic E-state index is 0.416. The molecule has 1 aromatic carbocycles. The maximum atomic E-state index is 5.98. The van der Waals surface area contributed by atoms with Crippen LogP contribution in [0.1, 0.15) is 5.56 Å². The molecule has 1 rings (SSSR count). The van der Waals surface area contributed by atoms with E-state index in [9.17, 15) is 0 Å². The predicted molar refractivity (Wildman–Crippen MR) is 78.0 cm³/mol. The van der Waals surface area contributed by atoms with E-state index in [-0.39, 0.29) is 0 Å². The molecule has 0 aliphatic heterocycles. The zero-order valence-electron chi connectivity index (χ0n) is 8.91. The van der Waals surface area contributed by atoms with Gasteiger partial charge in [0.25, 0.3) is 0 Å². The van der Waals surface area contributed by atoms with E-state index in [1.807, 2.05) is 0 Å². The Bertz CT molecular complexity index is 446. The first kappa shape index (κ1) is 14.0. The topological polar surface area (TPSA) is 36.4 Å². The number of halogens is 2. The monoisotopic (exact) mass is 287 g/mol. The van der Waals surface area contributed by atoms with Crippen molar-refractivity contribution in [2.75, 3.05) is 6.54 Å². The molecule has 0 aromatic heterocycles. The lowest BCUT2D eigenvalue weighted by Crippen LogP contribution is -2.31. The van der Waals surface area contributed by atoms with Gasteiger partial charge in [-0.3, -0.25) is 5.43 Å². The van der Waals surface area contributed by atoms with E-state index < -0.39 is 0 Å². The van der Waals surface area contributed by atoms with Crippen LogP contribution in [0.15, 0.2) is 36.0 Å². The van der Waals surface area contributed by atoms with E-state index in [0.717, 1.165) is 5.56 Å². The summed E-state index contributed by atoms with van der Waals surface area (Å²) < 4.78 is 0. The molecule has 0 aliphatic carbocycles. The number of rotatable bonds is 4. The molecule has 0 radical (unpaired) electrons. The van der Waals surface area contributed by atoms with E-state index in [4.69, 9.17) is 35.4 Å². The Morgan fingerprint density at radius 2 is 2.24 bits per heavy atom. The van der Waals surface area contributed by atoms with Crippen molar-refractivity contribution in [1.29, 1.82) is 0 Å². The van der Waals surface area contributed by atoms with Crippen molar-refractivity contribution in [1.82, 2.24) is 10.7 Å². The first-order valence-corrected chi connectivity index (χ1v) is 5.93. The van der Waals surface area contributed by atoms with E-state index in [2.05, 4.69) is 22.4 Å². The number of nitrogens with one attached hydrogen (secondary N) is 2. The molecule has 0 amide bonds. The Labute approximate surface area is 115 Å². The number of thiocarbonyl (C=S) groups is 1. The Kier molecular flexibility index (Phi) is 5.97. The van der Waals surface area contributed by atoms with Gasteiger partial charge in [-0.2, -0.15) is 5.10 Å². The zero-order valence-corrected chi connectivity index (χ0v) is 11.2. The largest absolute Gasteiger partial charge is 0.358 e. The molecule has 0 atom stereocenters. The van der Waals surface area contributed by atoms with Gasteiger partial charge in [-0.05, 0) is 18.3 Å². The van der Waals surface area contributed by atoms with Crippen LogP contribution < -0.4 is 10.7 Å². The van der Waals surface area contributed by atoms with Crippen LogP contribution in [0, 0.1) is 0 Å². The fraction of sp³-hybridized carbons (Fsp3) is 0.0909. The Hall–Kier alpha value is -1.10. The number of hydrazone groups is 1. The van der Waals surface area contributed by atoms with Crippen LogP contribution in [-0.2, 0) is 0 Å². The lowest BCUT2D eigenvalue weighted by Gasteiger charge is -2.03. The van der Waals surface area contributed by atoms with Crippen molar-refractivity contribution >= 4 is 46.7 Å². The summed E-state index contributed by atoms with van der Waals surface area (Å²) in [5.41, 5.74) is 3.37. The zero-order chi connectivity index (χ0) is 12.7. The summed E-state index contributed by atoms with van der Waals surface area (Å²) in [6.45, 7) is 4.14. The SMILES string of the molecule is C=CCNC(=S)N/N=C/c1cccc(Cl)c1Cl. The smallest absolute Gasteiger partial charge is 0.187 e. The van der Waals surface area contributed by atoms with Crippen molar-refractivity contribution in [2.24, 2.45) is 5.10 Å². The highest BCUT2D eigenvalue weighted by atomic mass is 35.5. The van der Waals surface area contributed by atoms with Gasteiger partial charge < -0.3 is 5.32 Å². The molecule has 0 bridgehead atoms. The molecular weight excluding hydrogens is 277 g/mol. The molecule has 1 aromatic rings. The molecule has 0 aliphatic rings. The lowest BCUT2D eigenvalue weighted by molar-refractivity contribution is 0.942. The molecule has 17 heavy (non-hydrogen) atoms. The van der Waals surface area contributed by atoms with Crippen molar-refractivity contribution in [3.8, 4) is 0 Å². The van der Waals surface area contributed by atoms with Crippen LogP contribution in [0.2, 0.25) is 10.0 Å². The summed E-state index contributed by atoms with van der Waals surface area (Å²) in [4.78, 5) is 0. The Balaban J connectivity index is 2.56. The third kappa shape index (κ3) is 4.73. The Morgan fingerprint density at radius 3 is 2.94 bits per heavy atom. The number of hydrogen-bond donors (Lipinski definition) is 2. The highest BCUT2D eigenvalue weighted by molar-refractivity contribution is 7.80. The normalized spacial score (nSPS) is 10.2. The first-order chi connectivity index (χ1) is 8.15. The van der Waals surface area contributed by atoms with Crippen LogP contribution in [0.5, 0.6) is 0 Å². The quantitative estimate of drug-likeness (QED) is 0.387. The number of benzene rings is 1. The van der Waals surface area contributed by atoms with Crippen LogP contribution in [-0.4, -0.2) is 17.9 Å². The van der Waals surface area contributed by atoms with Gasteiger partial charge in [-0.1, -0.05) is 41.4 Å². The summed E-state index contributed by atoms with van der Waals surface area (Å²) in [5.74, 6) is 0. The molecular formula is C11H11Cl2N3S. The minimum atomic E-state index is 0.416. The fourth-order valence-corrected chi connectivity index (χ4v) is 1.48. The number of hydrogen-bond acceptors (Lipinski definition) is 2. The standard InChI is InChI=1S/C11H11Cl2N3S/c1-2-6-14-11(17)16-15-7-8-4-3-5-9(12)10(8)13/h2-5,7H,1,6H2,(H2,14,16,17)/b15-7+. The second-order valence-electron chi connectivity index (χ2n) is 3.01. The molecule has 90 valence electrons. The predicted octanol–water partition coefficient (Wildman–Crippen LogP) is 2.98. The van der Waals surface area contributed by atoms with Crippen molar-refractivity contribution in [3.05, 3.63) is 46.5 Å². The minimum Gasteiger partial charge on any atom is -0.358 e. The second kappa shape index (κ2) is 7.27. The van der Waals surface area contributed by atoms with Gasteiger partial charge in [0.1, 0.15) is 0 Å². The van der Waals surface area contributed by atoms with E-state index in [0.29, 0.717) is 21.7 Å². The van der Waals surface area contributed by atoms with E-state index in [1.165, 1.54) is 0 Å². The maximum Gasteiger partial charge on any atom is 0.187 e. The summed E-state index contributed by atoms with van der Waals surface area (Å²) >= 11 is 16.8. The molecule has 0 spiro atoms. The molecule has 0 unspecified atom stereocenters. The molecule has 0 saturated carbocycles. The van der Waals surface area contributed by atoms with Crippen LogP contribution in [0.25, 0.3) is 0 Å². The van der Waals surface area contributed by atoms with Crippen molar-refractivity contribution < 1.29 is 0 Å². The third-order valence-corrected chi connectivity index (χ3v) is 2.83. The van der Waals surface area contributed by atoms with Gasteiger partial charge in [-0.25, -0.2) is 0 Å². The van der Waals surface area contributed by atoms with Gasteiger partial charge in [0, 0.05) is 12.1 Å². The van der Waals surface area contributed by atoms with Crippen molar-refractivity contribution in [2.45, 2.75) is 0 Å². The van der Waals surface area contributed by atoms with Gasteiger partial charge in [-0.15, -0.1) is 6.58 Å². The Morgan fingerprint density at radius 1 is 1.47 bits per heavy atom. The maximum absolute atomic E-state index is 5.98. The van der Waals surface area contributed by atoms with Gasteiger partial charge in [0.15, 0.2) is 5.11 Å². The molecule has 2 N–H and O–H groups in total. The highest BCUT2D eigenvalue weighted by Crippen LogP contribution is 2.23. The average molecular weight is 288 g/mol. The van der Waals surface area contributed by atoms with Crippen LogP contribution in [0.3, 0.4) is 0 Å². The van der Waals surface area contributed by atoms with Gasteiger partial charge >= 0.3 is 0 Å². The van der Waals surface area contributed by atoms with Crippen LogP contribution in [0.4, 0.5) is 0 Å². The molecule has 0 saturated heterocycles. The number of nitrogens with zero attached hydrogens (tertiary/aromatic N) is 1. The van der Waals surface area contributed by atoms with Gasteiger partial charge in [0.05, 0.1) is 16.3 Å². The summed E-state index contributed by atoms with van der Waals surface area (Å²) in [5, 5.41) is 8.18. The average Bonchev–Trinajstić information content (AvgIpc) is 2.32. The molecule has 0 fully saturated rings. The summed E-state index contributed by atoms with van der Waals surface area (Å²) in [6.07, 6.45) is 3.25. The van der Waals surface area contributed by atoms with Crippen molar-refractivity contribution in [3.63, 3.8) is 0 Å². The first-order valence-electron chi connectivity index (χ1n) is 4.77. The molecule has 3 nitrogen and oxygen atoms in total.